The maximum Gasteiger partial charge on any atom is 0.195 e. The van der Waals surface area contributed by atoms with Gasteiger partial charge in [-0.15, -0.1) is 11.3 Å². The number of nitrogens with zero attached hydrogens (tertiary/aromatic N) is 2. The second-order valence-corrected chi connectivity index (χ2v) is 8.40. The third kappa shape index (κ3) is 4.78. The van der Waals surface area contributed by atoms with Crippen molar-refractivity contribution in [1.82, 2.24) is 4.98 Å². The van der Waals surface area contributed by atoms with Crippen molar-refractivity contribution in [3.63, 3.8) is 0 Å². The molecule has 0 bridgehead atoms. The van der Waals surface area contributed by atoms with Gasteiger partial charge < -0.3 is 5.32 Å². The van der Waals surface area contributed by atoms with Crippen LogP contribution >= 0.6 is 22.9 Å². The van der Waals surface area contributed by atoms with Crippen LogP contribution in [0.4, 0.5) is 5.69 Å². The molecule has 0 saturated heterocycles. The molecule has 1 heterocycles. The summed E-state index contributed by atoms with van der Waals surface area (Å²) in [6.07, 6.45) is 1.57. The fourth-order valence-corrected chi connectivity index (χ4v) is 4.09. The molecule has 1 aromatic heterocycles. The van der Waals surface area contributed by atoms with Crippen LogP contribution in [0.25, 0.3) is 16.8 Å². The molecule has 0 atom stereocenters. The van der Waals surface area contributed by atoms with Gasteiger partial charge in [0.05, 0.1) is 5.69 Å². The molecule has 0 unspecified atom stereocenters. The Labute approximate surface area is 195 Å². The number of anilines is 1. The number of carbonyl (C=O) groups excluding carboxylic acids is 1. The molecule has 0 spiro atoms. The van der Waals surface area contributed by atoms with Crippen molar-refractivity contribution < 1.29 is 4.79 Å². The molecule has 4 rings (SSSR count). The van der Waals surface area contributed by atoms with E-state index in [1.165, 1.54) is 16.9 Å². The van der Waals surface area contributed by atoms with Gasteiger partial charge in [0, 0.05) is 39.0 Å². The molecule has 4 nitrogen and oxygen atoms in total. The third-order valence-corrected chi connectivity index (χ3v) is 5.95. The molecule has 0 aliphatic heterocycles. The molecule has 0 aliphatic rings. The number of aromatic nitrogens is 1. The van der Waals surface area contributed by atoms with E-state index < -0.39 is 0 Å². The van der Waals surface area contributed by atoms with Gasteiger partial charge in [0.2, 0.25) is 0 Å². The summed E-state index contributed by atoms with van der Waals surface area (Å²) in [5, 5.41) is 15.8. The zero-order chi connectivity index (χ0) is 22.5. The molecule has 4 aromatic rings. The summed E-state index contributed by atoms with van der Waals surface area (Å²) in [5.41, 5.74) is 4.92. The SMILES string of the molecule is Cc1ccc(-c2csc(/C(C#N)=C/Nc3ccc(Cl)cc3C(=O)c3ccccc3)n2)cc1. The normalized spacial score (nSPS) is 11.1. The lowest BCUT2D eigenvalue weighted by Crippen LogP contribution is -2.05. The molecular weight excluding hydrogens is 438 g/mol. The Hall–Kier alpha value is -3.72. The average Bonchev–Trinajstić information content (AvgIpc) is 3.31. The largest absolute Gasteiger partial charge is 0.360 e. The molecule has 0 amide bonds. The lowest BCUT2D eigenvalue weighted by atomic mass is 10.0. The van der Waals surface area contributed by atoms with Crippen LogP contribution in [0.5, 0.6) is 0 Å². The van der Waals surface area contributed by atoms with Gasteiger partial charge in [-0.05, 0) is 25.1 Å². The second kappa shape index (κ2) is 9.61. The number of aryl methyl sites for hydroxylation is 1. The molecule has 1 N–H and O–H groups in total. The molecule has 0 saturated carbocycles. The highest BCUT2D eigenvalue weighted by molar-refractivity contribution is 7.11. The highest BCUT2D eigenvalue weighted by atomic mass is 35.5. The Bertz CT molecular complexity index is 1340. The van der Waals surface area contributed by atoms with E-state index in [9.17, 15) is 10.1 Å². The number of allylic oxidation sites excluding steroid dienone is 1. The Balaban J connectivity index is 1.62. The van der Waals surface area contributed by atoms with Gasteiger partial charge in [0.25, 0.3) is 0 Å². The van der Waals surface area contributed by atoms with Gasteiger partial charge in [-0.25, -0.2) is 4.98 Å². The summed E-state index contributed by atoms with van der Waals surface area (Å²) in [7, 11) is 0. The molecule has 156 valence electrons. The van der Waals surface area contributed by atoms with Gasteiger partial charge in [-0.1, -0.05) is 71.8 Å². The molecule has 0 radical (unpaired) electrons. The quantitative estimate of drug-likeness (QED) is 0.251. The maximum atomic E-state index is 13.0. The highest BCUT2D eigenvalue weighted by Crippen LogP contribution is 2.28. The van der Waals surface area contributed by atoms with Gasteiger partial charge >= 0.3 is 0 Å². The topological polar surface area (TPSA) is 65.8 Å². The first-order valence-corrected chi connectivity index (χ1v) is 11.1. The van der Waals surface area contributed by atoms with E-state index in [1.54, 1.807) is 36.5 Å². The Morgan fingerprint density at radius 3 is 2.56 bits per heavy atom. The predicted molar refractivity (Wildman–Crippen MR) is 131 cm³/mol. The molecule has 0 fully saturated rings. The van der Waals surface area contributed by atoms with Crippen LogP contribution in [-0.2, 0) is 0 Å². The number of halogens is 1. The fourth-order valence-electron chi connectivity index (χ4n) is 3.12. The number of benzene rings is 3. The fraction of sp³-hybridized carbons (Fsp3) is 0.0385. The van der Waals surface area contributed by atoms with Crippen LogP contribution in [0.3, 0.4) is 0 Å². The van der Waals surface area contributed by atoms with E-state index in [4.69, 9.17) is 11.6 Å². The summed E-state index contributed by atoms with van der Waals surface area (Å²) in [6.45, 7) is 2.03. The van der Waals surface area contributed by atoms with Crippen LogP contribution in [0.1, 0.15) is 26.5 Å². The number of carbonyl (C=O) groups is 1. The van der Waals surface area contributed by atoms with Crippen LogP contribution in [0, 0.1) is 18.3 Å². The van der Waals surface area contributed by atoms with Crippen LogP contribution < -0.4 is 5.32 Å². The monoisotopic (exact) mass is 455 g/mol. The van der Waals surface area contributed by atoms with Gasteiger partial charge in [-0.2, -0.15) is 5.26 Å². The lowest BCUT2D eigenvalue weighted by molar-refractivity contribution is 0.103. The van der Waals surface area contributed by atoms with Crippen molar-refractivity contribution in [2.24, 2.45) is 0 Å². The first-order chi connectivity index (χ1) is 15.5. The third-order valence-electron chi connectivity index (χ3n) is 4.84. The molecule has 32 heavy (non-hydrogen) atoms. The smallest absolute Gasteiger partial charge is 0.195 e. The summed E-state index contributed by atoms with van der Waals surface area (Å²) in [4.78, 5) is 17.6. The Morgan fingerprint density at radius 1 is 1.09 bits per heavy atom. The summed E-state index contributed by atoms with van der Waals surface area (Å²) >= 11 is 7.55. The van der Waals surface area contributed by atoms with Crippen molar-refractivity contribution in [2.45, 2.75) is 6.92 Å². The lowest BCUT2D eigenvalue weighted by Gasteiger charge is -2.10. The van der Waals surface area contributed by atoms with E-state index >= 15 is 0 Å². The van der Waals surface area contributed by atoms with Crippen molar-refractivity contribution in [3.05, 3.63) is 111 Å². The van der Waals surface area contributed by atoms with Gasteiger partial charge in [-0.3, -0.25) is 4.79 Å². The van der Waals surface area contributed by atoms with Crippen molar-refractivity contribution in [3.8, 4) is 17.3 Å². The Kier molecular flexibility index (Phi) is 6.46. The first kappa shape index (κ1) is 21.5. The van der Waals surface area contributed by atoms with Gasteiger partial charge in [0.15, 0.2) is 5.78 Å². The minimum Gasteiger partial charge on any atom is -0.360 e. The van der Waals surface area contributed by atoms with E-state index in [0.29, 0.717) is 32.4 Å². The Morgan fingerprint density at radius 2 is 1.84 bits per heavy atom. The van der Waals surface area contributed by atoms with Crippen LogP contribution in [0.15, 0.2) is 84.4 Å². The summed E-state index contributed by atoms with van der Waals surface area (Å²) in [5.74, 6) is -0.154. The molecule has 6 heteroatoms. The second-order valence-electron chi connectivity index (χ2n) is 7.10. The summed E-state index contributed by atoms with van der Waals surface area (Å²) in [6, 6.07) is 24.3. The number of thiazole rings is 1. The number of hydrogen-bond donors (Lipinski definition) is 1. The molecule has 0 aliphatic carbocycles. The predicted octanol–water partition coefficient (Wildman–Crippen LogP) is 6.98. The van der Waals surface area contributed by atoms with Gasteiger partial charge in [0.1, 0.15) is 16.6 Å². The van der Waals surface area contributed by atoms with E-state index in [2.05, 4.69) is 16.4 Å². The maximum absolute atomic E-state index is 13.0. The summed E-state index contributed by atoms with van der Waals surface area (Å²) < 4.78 is 0. The standard InChI is InChI=1S/C26H18ClN3OS/c1-17-7-9-18(10-8-17)24-16-32-26(30-24)20(14-28)15-29-23-12-11-21(27)13-22(23)25(31)19-5-3-2-4-6-19/h2-13,15-16,29H,1H3/b20-15+. The highest BCUT2D eigenvalue weighted by Gasteiger charge is 2.15. The van der Waals surface area contributed by atoms with Crippen LogP contribution in [0.2, 0.25) is 5.02 Å². The van der Waals surface area contributed by atoms with Crippen molar-refractivity contribution in [2.75, 3.05) is 5.32 Å². The van der Waals surface area contributed by atoms with E-state index in [1.807, 2.05) is 54.8 Å². The number of nitrogens with one attached hydrogen (secondary N) is 1. The van der Waals surface area contributed by atoms with E-state index in [-0.39, 0.29) is 5.78 Å². The van der Waals surface area contributed by atoms with E-state index in [0.717, 1.165) is 11.3 Å². The zero-order valence-corrected chi connectivity index (χ0v) is 18.7. The number of ketones is 1. The minimum atomic E-state index is -0.154. The number of rotatable bonds is 6. The number of hydrogen-bond acceptors (Lipinski definition) is 5. The zero-order valence-electron chi connectivity index (χ0n) is 17.2. The minimum absolute atomic E-state index is 0.154. The van der Waals surface area contributed by atoms with Crippen LogP contribution in [-0.4, -0.2) is 10.8 Å². The van der Waals surface area contributed by atoms with Crippen molar-refractivity contribution in [1.29, 1.82) is 5.26 Å². The van der Waals surface area contributed by atoms with Crippen molar-refractivity contribution >= 4 is 40.0 Å². The molecule has 3 aromatic carbocycles. The molecular formula is C26H18ClN3OS. The number of nitriles is 1. The first-order valence-electron chi connectivity index (χ1n) is 9.84. The average molecular weight is 456 g/mol.